The molecule has 3 heterocycles. The number of aliphatic hydroxyl groups is 2. The summed E-state index contributed by atoms with van der Waals surface area (Å²) in [7, 11) is 3.63. The zero-order chi connectivity index (χ0) is 26.9. The Bertz CT molecular complexity index is 1370. The minimum absolute atomic E-state index is 0.146. The lowest BCUT2D eigenvalue weighted by atomic mass is 9.51. The normalized spacial score (nSPS) is 47.5. The van der Waals surface area contributed by atoms with Crippen LogP contribution in [0, 0.1) is 11.3 Å². The fourth-order valence-corrected chi connectivity index (χ4v) is 9.30. The average Bonchev–Trinajstić information content (AvgIpc) is 3.42. The van der Waals surface area contributed by atoms with Gasteiger partial charge in [-0.2, -0.15) is 0 Å². The van der Waals surface area contributed by atoms with Crippen LogP contribution in [0.15, 0.2) is 36.5 Å². The van der Waals surface area contributed by atoms with Gasteiger partial charge in [0, 0.05) is 30.0 Å². The Kier molecular flexibility index (Phi) is 4.93. The van der Waals surface area contributed by atoms with E-state index in [1.165, 1.54) is 5.57 Å². The molecular weight excluding hydrogens is 488 g/mol. The van der Waals surface area contributed by atoms with Crippen LogP contribution in [0.2, 0.25) is 0 Å². The van der Waals surface area contributed by atoms with Gasteiger partial charge in [-0.3, -0.25) is 0 Å². The first-order valence-electron chi connectivity index (χ1n) is 13.9. The topological polar surface area (TPSA) is 91.8 Å². The molecule has 2 bridgehead atoms. The Labute approximate surface area is 221 Å². The number of benzene rings is 1. The van der Waals surface area contributed by atoms with Gasteiger partial charge in [-0.1, -0.05) is 25.1 Å². The molecule has 0 amide bonds. The smallest absolute Gasteiger partial charge is 0.171 e. The molecule has 2 spiro atoms. The number of halogens is 2. The number of nitrogens with two attached hydrogens (primary N) is 1. The Morgan fingerprint density at radius 1 is 1.08 bits per heavy atom. The molecule has 2 saturated carbocycles. The number of rotatable bonds is 2. The molecule has 7 rings (SSSR count). The van der Waals surface area contributed by atoms with Crippen LogP contribution in [0.1, 0.15) is 57.4 Å². The molecule has 3 unspecified atom stereocenters. The molecule has 1 aromatic heterocycles. The third kappa shape index (κ3) is 2.82. The minimum Gasteiger partial charge on any atom is -0.389 e. The van der Waals surface area contributed by atoms with E-state index in [9.17, 15) is 10.2 Å². The molecule has 6 nitrogen and oxygen atoms in total. The van der Waals surface area contributed by atoms with E-state index < -0.39 is 47.2 Å². The van der Waals surface area contributed by atoms with Crippen molar-refractivity contribution in [2.75, 3.05) is 19.8 Å². The third-order valence-corrected chi connectivity index (χ3v) is 11.3. The second-order valence-corrected chi connectivity index (χ2v) is 13.2. The minimum atomic E-state index is -2.33. The largest absolute Gasteiger partial charge is 0.389 e. The van der Waals surface area contributed by atoms with Gasteiger partial charge in [-0.05, 0) is 86.7 Å². The van der Waals surface area contributed by atoms with Gasteiger partial charge in [-0.15, -0.1) is 0 Å². The second-order valence-electron chi connectivity index (χ2n) is 13.2. The molecule has 1 aromatic carbocycles. The number of anilines is 1. The maximum Gasteiger partial charge on any atom is 0.171 e. The number of nitrogens with zero attached hydrogens (tertiary/aromatic N) is 2. The molecule has 204 valence electrons. The molecule has 4 fully saturated rings. The van der Waals surface area contributed by atoms with Gasteiger partial charge in [0.25, 0.3) is 0 Å². The number of likely N-dealkylation sites (N-methyl/N-ethyl adjacent to an activating group) is 1. The highest BCUT2D eigenvalue weighted by molar-refractivity contribution is 5.88. The van der Waals surface area contributed by atoms with E-state index in [1.807, 2.05) is 31.1 Å². The average molecular weight is 526 g/mol. The molecule has 4 N–H and O–H groups in total. The maximum absolute atomic E-state index is 17.2. The maximum atomic E-state index is 17.2. The van der Waals surface area contributed by atoms with Gasteiger partial charge < -0.3 is 25.6 Å². The summed E-state index contributed by atoms with van der Waals surface area (Å²) in [5.41, 5.74) is 1.20. The van der Waals surface area contributed by atoms with Crippen LogP contribution in [0.25, 0.3) is 16.3 Å². The van der Waals surface area contributed by atoms with Gasteiger partial charge in [0.1, 0.15) is 28.8 Å². The first kappa shape index (κ1) is 24.9. The highest BCUT2D eigenvalue weighted by atomic mass is 19.2. The summed E-state index contributed by atoms with van der Waals surface area (Å²) in [6.45, 7) is 2.21. The summed E-state index contributed by atoms with van der Waals surface area (Å²) in [6.07, 6.45) is 2.94. The molecule has 0 radical (unpaired) electrons. The van der Waals surface area contributed by atoms with Gasteiger partial charge >= 0.3 is 0 Å². The molecule has 2 saturated heterocycles. The zero-order valence-electron chi connectivity index (χ0n) is 22.3. The highest BCUT2D eigenvalue weighted by Gasteiger charge is 2.82. The van der Waals surface area contributed by atoms with Crippen molar-refractivity contribution in [1.82, 2.24) is 9.88 Å². The Morgan fingerprint density at radius 2 is 1.87 bits per heavy atom. The number of aromatic nitrogens is 1. The number of hydrogen-bond donors (Lipinski definition) is 3. The van der Waals surface area contributed by atoms with E-state index in [2.05, 4.69) is 30.1 Å². The Morgan fingerprint density at radius 3 is 2.63 bits per heavy atom. The van der Waals surface area contributed by atoms with Gasteiger partial charge in [0.2, 0.25) is 0 Å². The first-order valence-corrected chi connectivity index (χ1v) is 13.9. The predicted molar refractivity (Wildman–Crippen MR) is 142 cm³/mol. The fraction of sp³-hybridized carbons (Fsp3) is 0.633. The Balaban J connectivity index is 1.29. The lowest BCUT2D eigenvalue weighted by molar-refractivity contribution is -0.347. The van der Waals surface area contributed by atoms with Crippen LogP contribution in [-0.4, -0.2) is 75.0 Å². The van der Waals surface area contributed by atoms with Crippen LogP contribution < -0.4 is 5.73 Å². The lowest BCUT2D eigenvalue weighted by Gasteiger charge is -2.65. The van der Waals surface area contributed by atoms with Crippen molar-refractivity contribution in [2.45, 2.75) is 92.7 Å². The standard InChI is InChI=1S/C30H37F2N3O3/c1-26-8-9-27(31)16-29(32)25(37)24(36)21(35(2)3)14-28(29)10-11-30(27,38-28)22(26)7-6-20(26)17-4-5-18-15-34-23(33)13-19(18)12-17/h4-6,12-13,15,21-22,24-25,36-37H,7-11,14,16H2,1-3H3,(H2,33,34)/t21-,22?,24+,25-,26+,27?,28+,29?,30-/m0/s1. The van der Waals surface area contributed by atoms with E-state index in [0.717, 1.165) is 16.3 Å². The van der Waals surface area contributed by atoms with Gasteiger partial charge in [0.05, 0.1) is 6.10 Å². The Hall–Kier alpha value is -2.13. The number of nitrogen functional groups attached to an aromatic ring is 1. The molecule has 2 aromatic rings. The number of alkyl halides is 2. The molecule has 2 aliphatic heterocycles. The number of allylic oxidation sites excluding steroid dienone is 2. The SMILES string of the molecule is CN(C)[C@H]1C[C@@]23CC[C@]4(O2)C2CC=C(c5ccc6cnc(N)cc6c5)[C@@]2(C)CCC4(F)CC3(F)[C@@H](O)[C@@H]1O. The number of pyridine rings is 1. The highest BCUT2D eigenvalue weighted by Crippen LogP contribution is 2.74. The van der Waals surface area contributed by atoms with Crippen molar-refractivity contribution in [2.24, 2.45) is 11.3 Å². The van der Waals surface area contributed by atoms with Crippen molar-refractivity contribution in [3.8, 4) is 0 Å². The predicted octanol–water partition coefficient (Wildman–Crippen LogP) is 4.18. The quantitative estimate of drug-likeness (QED) is 0.545. The van der Waals surface area contributed by atoms with Gasteiger partial charge in [-0.25, -0.2) is 13.8 Å². The monoisotopic (exact) mass is 525 g/mol. The molecule has 38 heavy (non-hydrogen) atoms. The van der Waals surface area contributed by atoms with Crippen molar-refractivity contribution >= 4 is 22.2 Å². The van der Waals surface area contributed by atoms with Crippen molar-refractivity contribution < 1.29 is 23.7 Å². The summed E-state index contributed by atoms with van der Waals surface area (Å²) in [5.74, 6) is 0.322. The number of hydrogen-bond acceptors (Lipinski definition) is 6. The third-order valence-electron chi connectivity index (χ3n) is 11.3. The van der Waals surface area contributed by atoms with E-state index in [-0.39, 0.29) is 24.2 Å². The van der Waals surface area contributed by atoms with Crippen LogP contribution in [0.4, 0.5) is 14.6 Å². The molecule has 5 aliphatic rings. The lowest BCUT2D eigenvalue weighted by Crippen LogP contribution is -2.78. The van der Waals surface area contributed by atoms with Crippen LogP contribution in [0.5, 0.6) is 0 Å². The van der Waals surface area contributed by atoms with Crippen LogP contribution in [-0.2, 0) is 4.74 Å². The fourth-order valence-electron chi connectivity index (χ4n) is 9.30. The van der Waals surface area contributed by atoms with Crippen LogP contribution in [0.3, 0.4) is 0 Å². The van der Waals surface area contributed by atoms with Crippen molar-refractivity contribution in [3.05, 3.63) is 42.1 Å². The second kappa shape index (κ2) is 7.53. The van der Waals surface area contributed by atoms with E-state index in [1.54, 1.807) is 6.20 Å². The molecule has 8 heteroatoms. The van der Waals surface area contributed by atoms with E-state index in [4.69, 9.17) is 10.5 Å². The van der Waals surface area contributed by atoms with Crippen LogP contribution >= 0.6 is 0 Å². The molecule has 3 aliphatic carbocycles. The molecular formula is C30H37F2N3O3. The summed E-state index contributed by atoms with van der Waals surface area (Å²) < 4.78 is 41.0. The first-order chi connectivity index (χ1) is 17.9. The van der Waals surface area contributed by atoms with E-state index >= 15 is 8.78 Å². The summed E-state index contributed by atoms with van der Waals surface area (Å²) in [4.78, 5) is 6.01. The number of ether oxygens (including phenoxy) is 1. The summed E-state index contributed by atoms with van der Waals surface area (Å²) in [5, 5.41) is 23.9. The van der Waals surface area contributed by atoms with Gasteiger partial charge in [0.15, 0.2) is 5.67 Å². The molecule has 9 atom stereocenters. The van der Waals surface area contributed by atoms with Crippen molar-refractivity contribution in [3.63, 3.8) is 0 Å². The number of aliphatic hydroxyl groups excluding tert-OH is 2. The number of fused-ring (bicyclic) bond motifs is 2. The summed E-state index contributed by atoms with van der Waals surface area (Å²) in [6, 6.07) is 7.68. The summed E-state index contributed by atoms with van der Waals surface area (Å²) >= 11 is 0. The zero-order valence-corrected chi connectivity index (χ0v) is 22.3. The van der Waals surface area contributed by atoms with Crippen molar-refractivity contribution in [1.29, 1.82) is 0 Å². The van der Waals surface area contributed by atoms with E-state index in [0.29, 0.717) is 31.5 Å².